The number of hydrogen-bond acceptors (Lipinski definition) is 9. The van der Waals surface area contributed by atoms with E-state index in [1.165, 1.54) is 26.7 Å². The molecule has 4 N–H and O–H groups in total. The molecule has 0 saturated carbocycles. The number of fused-ring (bicyclic) bond motifs is 7. The number of ether oxygens (including phenoxy) is 1. The van der Waals surface area contributed by atoms with E-state index < -0.39 is 53.8 Å². The molecule has 0 radical (unpaired) electrons. The Morgan fingerprint density at radius 1 is 0.946 bits per heavy atom. The highest BCUT2D eigenvalue weighted by atomic mass is 33.5. The van der Waals surface area contributed by atoms with Crippen molar-refractivity contribution in [2.24, 2.45) is 11.8 Å². The number of amides is 4. The largest absolute Gasteiger partial charge is 0.456 e. The summed E-state index contributed by atoms with van der Waals surface area (Å²) in [5.74, 6) is -2.53. The first-order chi connectivity index (χ1) is 17.5. The summed E-state index contributed by atoms with van der Waals surface area (Å²) >= 11 is 0. The lowest BCUT2D eigenvalue weighted by molar-refractivity contribution is -0.153. The smallest absolute Gasteiger partial charge is 0.329 e. The van der Waals surface area contributed by atoms with Gasteiger partial charge in [0, 0.05) is 11.5 Å². The maximum Gasteiger partial charge on any atom is 0.329 e. The number of hydrogen-bond donors (Lipinski definition) is 4. The predicted octanol–water partition coefficient (Wildman–Crippen LogP) is 2.08. The summed E-state index contributed by atoms with van der Waals surface area (Å²) in [5.41, 5.74) is -0.0481. The molecule has 2 heterocycles. The third kappa shape index (κ3) is 9.93. The summed E-state index contributed by atoms with van der Waals surface area (Å²) in [6, 6.07) is -2.89. The Hall–Kier alpha value is -2.12. The summed E-state index contributed by atoms with van der Waals surface area (Å²) in [7, 11) is 4.49. The molecule has 37 heavy (non-hydrogen) atoms. The van der Waals surface area contributed by atoms with Gasteiger partial charge in [-0.15, -0.1) is 0 Å². The van der Waals surface area contributed by atoms with Gasteiger partial charge < -0.3 is 26.0 Å². The van der Waals surface area contributed by atoms with Crippen LogP contribution in [-0.4, -0.2) is 65.3 Å². The normalized spacial score (nSPS) is 29.5. The van der Waals surface area contributed by atoms with E-state index in [-0.39, 0.29) is 29.7 Å². The van der Waals surface area contributed by atoms with E-state index in [0.29, 0.717) is 6.42 Å². The van der Waals surface area contributed by atoms with Crippen LogP contribution in [0.4, 0.5) is 0 Å². The van der Waals surface area contributed by atoms with Crippen molar-refractivity contribution >= 4 is 61.0 Å². The van der Waals surface area contributed by atoms with Crippen molar-refractivity contribution in [3.8, 4) is 0 Å². The van der Waals surface area contributed by atoms with E-state index >= 15 is 0 Å². The van der Waals surface area contributed by atoms with Crippen LogP contribution in [0.2, 0.25) is 0 Å². The summed E-state index contributed by atoms with van der Waals surface area (Å²) < 4.78 is 5.67. The van der Waals surface area contributed by atoms with E-state index in [0.717, 1.165) is 5.75 Å². The molecule has 13 heteroatoms. The second kappa shape index (κ2) is 15.3. The van der Waals surface area contributed by atoms with Crippen molar-refractivity contribution in [3.63, 3.8) is 0 Å². The van der Waals surface area contributed by atoms with Crippen LogP contribution in [0.1, 0.15) is 47.5 Å². The molecule has 0 spiro atoms. The molecule has 2 aliphatic heterocycles. The predicted molar refractivity (Wildman–Crippen MR) is 148 cm³/mol. The van der Waals surface area contributed by atoms with Crippen molar-refractivity contribution in [2.75, 3.05) is 11.5 Å². The molecule has 2 bridgehead atoms. The summed E-state index contributed by atoms with van der Waals surface area (Å²) in [6.07, 6.45) is 4.54. The Morgan fingerprint density at radius 2 is 1.65 bits per heavy atom. The van der Waals surface area contributed by atoms with Crippen LogP contribution in [0.15, 0.2) is 23.9 Å². The number of rotatable bonds is 2. The molecule has 4 atom stereocenters. The third-order valence-electron chi connectivity index (χ3n) is 5.60. The minimum absolute atomic E-state index is 0.0481. The van der Waals surface area contributed by atoms with E-state index in [1.807, 2.05) is 6.08 Å². The molecule has 206 valence electrons. The highest BCUT2D eigenvalue weighted by Crippen LogP contribution is 2.35. The monoisotopic (exact) mass is 572 g/mol. The Morgan fingerprint density at radius 3 is 2.30 bits per heavy atom. The highest BCUT2D eigenvalue weighted by Gasteiger charge is 2.33. The molecule has 2 rings (SSSR count). The standard InChI is InChI=1S/C24H36N4O6S3/c1-6-16-21(30)28-20(14(4)5)24(33)34-15-9-7-8-10-35-37-36-12-17(22(31)25-16)26-23(32)19(13(2)3)27-18(29)11-15/h6-7,9,13-15,17,19-20H,8,10-12H2,1-5H3,(H,25,31)(H,26,32)(H,27,29)(H,28,30)/b9-7+,16-6-/t15-,17-,19-,20+/m1/s1. The van der Waals surface area contributed by atoms with Crippen molar-refractivity contribution in [1.29, 1.82) is 0 Å². The number of esters is 1. The first-order valence-corrected chi connectivity index (χ1v) is 16.0. The highest BCUT2D eigenvalue weighted by molar-refractivity contribution is 9.09. The zero-order valence-corrected chi connectivity index (χ0v) is 24.1. The Bertz CT molecular complexity index is 924. The molecule has 0 aromatic rings. The SMILES string of the molecule is C/C=C1\NC(=O)[C@H]2CSSSCC/C=C/[C@H](CC(=O)N[C@H](C(C)C)C(=O)N2)OC(=O)[C@H](C(C)C)NC1=O. The minimum Gasteiger partial charge on any atom is -0.456 e. The summed E-state index contributed by atoms with van der Waals surface area (Å²) in [6.45, 7) is 8.66. The van der Waals surface area contributed by atoms with Gasteiger partial charge in [-0.1, -0.05) is 61.4 Å². The van der Waals surface area contributed by atoms with Crippen LogP contribution >= 0.6 is 31.4 Å². The molecule has 1 fully saturated rings. The molecule has 2 aliphatic rings. The van der Waals surface area contributed by atoms with Crippen molar-refractivity contribution in [2.45, 2.75) is 71.7 Å². The van der Waals surface area contributed by atoms with Crippen molar-refractivity contribution in [1.82, 2.24) is 21.3 Å². The first kappa shape index (κ1) is 31.1. The lowest BCUT2D eigenvalue weighted by Crippen LogP contribution is -2.57. The van der Waals surface area contributed by atoms with Gasteiger partial charge >= 0.3 is 5.97 Å². The van der Waals surface area contributed by atoms with Gasteiger partial charge in [0.05, 0.1) is 6.42 Å². The maximum atomic E-state index is 13.2. The maximum absolute atomic E-state index is 13.2. The lowest BCUT2D eigenvalue weighted by atomic mass is 10.0. The van der Waals surface area contributed by atoms with Crippen LogP contribution < -0.4 is 21.3 Å². The number of nitrogens with one attached hydrogen (secondary N) is 4. The van der Waals surface area contributed by atoms with Crippen LogP contribution in [0.25, 0.3) is 0 Å². The van der Waals surface area contributed by atoms with E-state index in [2.05, 4.69) is 21.3 Å². The van der Waals surface area contributed by atoms with E-state index in [4.69, 9.17) is 4.74 Å². The van der Waals surface area contributed by atoms with Crippen molar-refractivity contribution in [3.05, 3.63) is 23.9 Å². The van der Waals surface area contributed by atoms with Gasteiger partial charge in [0.15, 0.2) is 0 Å². The molecule has 4 amide bonds. The van der Waals surface area contributed by atoms with Crippen LogP contribution in [0, 0.1) is 11.8 Å². The molecule has 0 aliphatic carbocycles. The fourth-order valence-corrected chi connectivity index (χ4v) is 7.28. The Balaban J connectivity index is 2.55. The summed E-state index contributed by atoms with van der Waals surface area (Å²) in [4.78, 5) is 65.4. The van der Waals surface area contributed by atoms with Crippen molar-refractivity contribution < 1.29 is 28.7 Å². The molecule has 0 unspecified atom stereocenters. The topological polar surface area (TPSA) is 143 Å². The number of allylic oxidation sites excluding steroid dienone is 2. The van der Waals surface area contributed by atoms with E-state index in [1.54, 1.807) is 51.5 Å². The van der Waals surface area contributed by atoms with E-state index in [9.17, 15) is 24.0 Å². The zero-order chi connectivity index (χ0) is 27.5. The van der Waals surface area contributed by atoms with Gasteiger partial charge in [-0.3, -0.25) is 19.2 Å². The second-order valence-electron chi connectivity index (χ2n) is 9.31. The average Bonchev–Trinajstić information content (AvgIpc) is 2.82. The fourth-order valence-electron chi connectivity index (χ4n) is 3.49. The average molecular weight is 573 g/mol. The second-order valence-corrected chi connectivity index (χ2v) is 13.7. The Labute approximate surface area is 229 Å². The Kier molecular flexibility index (Phi) is 12.9. The summed E-state index contributed by atoms with van der Waals surface area (Å²) in [5, 5.41) is 10.7. The van der Waals surface area contributed by atoms with Crippen LogP contribution in [0.3, 0.4) is 0 Å². The van der Waals surface area contributed by atoms with Gasteiger partial charge in [0.1, 0.15) is 29.9 Å². The van der Waals surface area contributed by atoms with Gasteiger partial charge in [-0.05, 0) is 41.1 Å². The van der Waals surface area contributed by atoms with Crippen LogP contribution in [0.5, 0.6) is 0 Å². The van der Waals surface area contributed by atoms with Gasteiger partial charge in [-0.2, -0.15) is 0 Å². The molecule has 10 nitrogen and oxygen atoms in total. The molecule has 0 aromatic heterocycles. The molecule has 0 aromatic carbocycles. The molecular formula is C24H36N4O6S3. The quantitative estimate of drug-likeness (QED) is 0.169. The van der Waals surface area contributed by atoms with Crippen LogP contribution in [-0.2, 0) is 28.7 Å². The van der Waals surface area contributed by atoms with Gasteiger partial charge in [0.25, 0.3) is 5.91 Å². The zero-order valence-electron chi connectivity index (χ0n) is 21.7. The van der Waals surface area contributed by atoms with Gasteiger partial charge in [-0.25, -0.2) is 4.79 Å². The lowest BCUT2D eigenvalue weighted by Gasteiger charge is -2.28. The number of carbonyl (C=O) groups is 5. The molecule has 1 saturated heterocycles. The third-order valence-corrected chi connectivity index (χ3v) is 9.88. The van der Waals surface area contributed by atoms with Gasteiger partial charge in [0.2, 0.25) is 17.7 Å². The minimum atomic E-state index is -1.01. The number of carbonyl (C=O) groups excluding carboxylic acids is 5. The first-order valence-electron chi connectivity index (χ1n) is 12.2. The fraction of sp³-hybridized carbons (Fsp3) is 0.625. The molecular weight excluding hydrogens is 536 g/mol.